The van der Waals surface area contributed by atoms with Gasteiger partial charge in [-0.1, -0.05) is 24.3 Å². The third-order valence-corrected chi connectivity index (χ3v) is 3.96. The van der Waals surface area contributed by atoms with Gasteiger partial charge in [0.2, 0.25) is 0 Å². The van der Waals surface area contributed by atoms with Crippen molar-refractivity contribution in [1.82, 2.24) is 4.90 Å². The van der Waals surface area contributed by atoms with Gasteiger partial charge in [0.05, 0.1) is 6.34 Å². The monoisotopic (exact) mass is 302 g/mol. The van der Waals surface area contributed by atoms with E-state index in [0.717, 1.165) is 0 Å². The van der Waals surface area contributed by atoms with Crippen molar-refractivity contribution in [3.05, 3.63) is 71.3 Å². The molecule has 0 bridgehead atoms. The van der Waals surface area contributed by atoms with E-state index in [0.29, 0.717) is 17.7 Å². The van der Waals surface area contributed by atoms with E-state index in [4.69, 9.17) is 0 Å². The molecule has 1 atom stereocenters. The molecule has 0 aliphatic carbocycles. The molecule has 1 unspecified atom stereocenters. The first-order valence-electron chi connectivity index (χ1n) is 6.98. The summed E-state index contributed by atoms with van der Waals surface area (Å²) in [5.41, 5.74) is -0.390. The molecule has 5 heteroatoms. The topological polar surface area (TPSA) is 35.8 Å². The minimum Gasteiger partial charge on any atom is -0.378 e. The van der Waals surface area contributed by atoms with Crippen molar-refractivity contribution in [2.75, 3.05) is 13.6 Å². The molecule has 0 radical (unpaired) electrons. The summed E-state index contributed by atoms with van der Waals surface area (Å²) in [6.07, 6.45) is 1.66. The smallest absolute Gasteiger partial charge is 0.139 e. The van der Waals surface area contributed by atoms with E-state index in [9.17, 15) is 13.9 Å². The average molecular weight is 302 g/mol. The van der Waals surface area contributed by atoms with Crippen LogP contribution in [0.5, 0.6) is 0 Å². The molecular formula is C17H16F2N2O. The zero-order valence-electron chi connectivity index (χ0n) is 12.1. The van der Waals surface area contributed by atoms with E-state index >= 15 is 0 Å². The van der Waals surface area contributed by atoms with Crippen molar-refractivity contribution in [3.8, 4) is 0 Å². The fraction of sp³-hybridized carbons (Fsp3) is 0.235. The van der Waals surface area contributed by atoms with Crippen LogP contribution in [-0.2, 0) is 5.60 Å². The van der Waals surface area contributed by atoms with Crippen molar-refractivity contribution in [2.45, 2.75) is 11.6 Å². The summed E-state index contributed by atoms with van der Waals surface area (Å²) in [5.74, 6) is -0.755. The first-order valence-corrected chi connectivity index (χ1v) is 6.98. The number of benzene rings is 2. The number of rotatable bonds is 3. The van der Waals surface area contributed by atoms with Crippen LogP contribution in [0.2, 0.25) is 0 Å². The van der Waals surface area contributed by atoms with Gasteiger partial charge in [0.1, 0.15) is 23.3 Å². The maximum atomic E-state index is 13.2. The molecule has 0 saturated heterocycles. The second-order valence-corrected chi connectivity index (χ2v) is 5.50. The van der Waals surface area contributed by atoms with E-state index in [2.05, 4.69) is 4.99 Å². The van der Waals surface area contributed by atoms with Gasteiger partial charge in [-0.05, 0) is 35.4 Å². The molecule has 114 valence electrons. The number of nitrogens with zero attached hydrogens (tertiary/aromatic N) is 2. The SMILES string of the molecule is CN1C=NC(C(O)(c2ccc(F)cc2)c2ccc(F)cc2)C1. The molecule has 0 aromatic heterocycles. The average Bonchev–Trinajstić information content (AvgIpc) is 2.95. The van der Waals surface area contributed by atoms with Crippen molar-refractivity contribution in [1.29, 1.82) is 0 Å². The normalized spacial score (nSPS) is 18.0. The predicted molar refractivity (Wildman–Crippen MR) is 80.7 cm³/mol. The summed E-state index contributed by atoms with van der Waals surface area (Å²) < 4.78 is 26.4. The van der Waals surface area contributed by atoms with Gasteiger partial charge < -0.3 is 10.0 Å². The summed E-state index contributed by atoms with van der Waals surface area (Å²) in [7, 11) is 1.86. The molecule has 0 saturated carbocycles. The molecule has 1 aliphatic heterocycles. The highest BCUT2D eigenvalue weighted by atomic mass is 19.1. The second-order valence-electron chi connectivity index (χ2n) is 5.50. The summed E-state index contributed by atoms with van der Waals surface area (Å²) in [5, 5.41) is 11.4. The van der Waals surface area contributed by atoms with Crippen LogP contribution < -0.4 is 0 Å². The number of aliphatic imine (C=N–C) groups is 1. The zero-order valence-corrected chi connectivity index (χ0v) is 12.1. The third-order valence-electron chi connectivity index (χ3n) is 3.96. The fourth-order valence-corrected chi connectivity index (χ4v) is 2.76. The lowest BCUT2D eigenvalue weighted by atomic mass is 9.80. The highest BCUT2D eigenvalue weighted by molar-refractivity contribution is 5.59. The van der Waals surface area contributed by atoms with Crippen LogP contribution in [0.15, 0.2) is 53.5 Å². The Morgan fingerprint density at radius 2 is 1.45 bits per heavy atom. The fourth-order valence-electron chi connectivity index (χ4n) is 2.76. The van der Waals surface area contributed by atoms with Crippen LogP contribution in [0, 0.1) is 11.6 Å². The number of hydrogen-bond acceptors (Lipinski definition) is 3. The van der Waals surface area contributed by atoms with Gasteiger partial charge in [-0.25, -0.2) is 8.78 Å². The van der Waals surface area contributed by atoms with Crippen molar-refractivity contribution < 1.29 is 13.9 Å². The number of hydrogen-bond donors (Lipinski definition) is 1. The maximum absolute atomic E-state index is 13.2. The van der Waals surface area contributed by atoms with Crippen LogP contribution in [0.3, 0.4) is 0 Å². The highest BCUT2D eigenvalue weighted by Gasteiger charge is 2.42. The Hall–Kier alpha value is -2.27. The van der Waals surface area contributed by atoms with Gasteiger partial charge in [-0.15, -0.1) is 0 Å². The molecule has 0 amide bonds. The molecule has 1 N–H and O–H groups in total. The zero-order chi connectivity index (χ0) is 15.7. The van der Waals surface area contributed by atoms with E-state index < -0.39 is 11.6 Å². The Morgan fingerprint density at radius 1 is 1.00 bits per heavy atom. The lowest BCUT2D eigenvalue weighted by Gasteiger charge is -2.33. The standard InChI is InChI=1S/C17H16F2N2O/c1-21-10-16(20-11-21)17(22,12-2-6-14(18)7-3-12)13-4-8-15(19)9-5-13/h2-9,11,16,22H,10H2,1H3. The van der Waals surface area contributed by atoms with Gasteiger partial charge in [-0.3, -0.25) is 4.99 Å². The van der Waals surface area contributed by atoms with E-state index in [-0.39, 0.29) is 11.6 Å². The Balaban J connectivity index is 2.11. The predicted octanol–water partition coefficient (Wildman–Crippen LogP) is 2.54. The molecular weight excluding hydrogens is 286 g/mol. The van der Waals surface area contributed by atoms with Gasteiger partial charge in [-0.2, -0.15) is 0 Å². The Kier molecular flexibility index (Phi) is 3.66. The summed E-state index contributed by atoms with van der Waals surface area (Å²) in [4.78, 5) is 6.21. The van der Waals surface area contributed by atoms with Crippen LogP contribution in [0.1, 0.15) is 11.1 Å². The lowest BCUT2D eigenvalue weighted by Crippen LogP contribution is -2.42. The summed E-state index contributed by atoms with van der Waals surface area (Å²) >= 11 is 0. The first kappa shape index (κ1) is 14.7. The van der Waals surface area contributed by atoms with Crippen LogP contribution in [0.4, 0.5) is 8.78 Å². The Labute approximate surface area is 127 Å². The minimum atomic E-state index is -1.44. The van der Waals surface area contributed by atoms with Gasteiger partial charge in [0.25, 0.3) is 0 Å². The largest absolute Gasteiger partial charge is 0.378 e. The van der Waals surface area contributed by atoms with Crippen LogP contribution in [0.25, 0.3) is 0 Å². The van der Waals surface area contributed by atoms with Crippen LogP contribution >= 0.6 is 0 Å². The number of halogens is 2. The molecule has 0 fully saturated rings. The second kappa shape index (κ2) is 5.50. The van der Waals surface area contributed by atoms with E-state index in [1.807, 2.05) is 11.9 Å². The molecule has 3 nitrogen and oxygen atoms in total. The molecule has 3 rings (SSSR count). The summed E-state index contributed by atoms with van der Waals surface area (Å²) in [6.45, 7) is 0.519. The summed E-state index contributed by atoms with van der Waals surface area (Å²) in [6, 6.07) is 10.9. The molecule has 1 heterocycles. The van der Waals surface area contributed by atoms with Gasteiger partial charge >= 0.3 is 0 Å². The lowest BCUT2D eigenvalue weighted by molar-refractivity contribution is 0.0520. The third kappa shape index (κ3) is 2.48. The van der Waals surface area contributed by atoms with E-state index in [1.54, 1.807) is 6.34 Å². The maximum Gasteiger partial charge on any atom is 0.139 e. The van der Waals surface area contributed by atoms with Gasteiger partial charge in [0, 0.05) is 13.6 Å². The first-order chi connectivity index (χ1) is 10.5. The highest BCUT2D eigenvalue weighted by Crippen LogP contribution is 2.36. The van der Waals surface area contributed by atoms with Gasteiger partial charge in [0.15, 0.2) is 0 Å². The van der Waals surface area contributed by atoms with Crippen molar-refractivity contribution in [2.24, 2.45) is 4.99 Å². The van der Waals surface area contributed by atoms with Crippen LogP contribution in [-0.4, -0.2) is 36.0 Å². The molecule has 1 aliphatic rings. The quantitative estimate of drug-likeness (QED) is 0.946. The Bertz CT molecular complexity index is 637. The molecule has 0 spiro atoms. The minimum absolute atomic E-state index is 0.378. The number of aliphatic hydroxyl groups is 1. The van der Waals surface area contributed by atoms with Crippen molar-refractivity contribution >= 4 is 6.34 Å². The Morgan fingerprint density at radius 3 is 1.82 bits per heavy atom. The molecule has 2 aromatic rings. The van der Waals surface area contributed by atoms with E-state index in [1.165, 1.54) is 48.5 Å². The number of likely N-dealkylation sites (N-methyl/N-ethyl adjacent to an activating group) is 1. The molecule has 22 heavy (non-hydrogen) atoms. The van der Waals surface area contributed by atoms with Crippen molar-refractivity contribution in [3.63, 3.8) is 0 Å². The molecule has 2 aromatic carbocycles.